The Balaban J connectivity index is 1.85. The standard InChI is InChI=1S/C18H16O/c1-14-17(12-15-8-4-2-5-9-15)13-19-18(14)16-10-6-3-7-11-16/h2-12,18H,1,13H2/b17-12+. The summed E-state index contributed by atoms with van der Waals surface area (Å²) in [6.07, 6.45) is 2.15. The van der Waals surface area contributed by atoms with Crippen molar-refractivity contribution in [3.8, 4) is 0 Å². The third-order valence-corrected chi connectivity index (χ3v) is 3.38. The van der Waals surface area contributed by atoms with Gasteiger partial charge in [-0.2, -0.15) is 0 Å². The summed E-state index contributed by atoms with van der Waals surface area (Å²) in [6.45, 7) is 4.83. The molecule has 0 bridgehead atoms. The van der Waals surface area contributed by atoms with E-state index in [0.717, 1.165) is 5.57 Å². The average molecular weight is 248 g/mol. The first-order valence-corrected chi connectivity index (χ1v) is 6.46. The molecule has 3 rings (SSSR count). The minimum Gasteiger partial charge on any atom is -0.364 e. The number of ether oxygens (including phenoxy) is 1. The summed E-state index contributed by atoms with van der Waals surface area (Å²) < 4.78 is 5.87. The maximum Gasteiger partial charge on any atom is 0.108 e. The first kappa shape index (κ1) is 11.9. The molecule has 0 spiro atoms. The van der Waals surface area contributed by atoms with Crippen molar-refractivity contribution in [3.63, 3.8) is 0 Å². The third kappa shape index (κ3) is 2.51. The number of benzene rings is 2. The Kier molecular flexibility index (Phi) is 3.30. The van der Waals surface area contributed by atoms with Crippen LogP contribution in [0.3, 0.4) is 0 Å². The van der Waals surface area contributed by atoms with E-state index in [1.807, 2.05) is 36.4 Å². The Morgan fingerprint density at radius 2 is 1.58 bits per heavy atom. The lowest BCUT2D eigenvalue weighted by Gasteiger charge is -2.10. The zero-order valence-corrected chi connectivity index (χ0v) is 10.8. The van der Waals surface area contributed by atoms with Crippen LogP contribution < -0.4 is 0 Å². The van der Waals surface area contributed by atoms with E-state index in [1.165, 1.54) is 16.7 Å². The topological polar surface area (TPSA) is 9.23 Å². The van der Waals surface area contributed by atoms with Gasteiger partial charge in [-0.3, -0.25) is 0 Å². The Bertz CT molecular complexity index is 596. The van der Waals surface area contributed by atoms with Crippen molar-refractivity contribution in [2.75, 3.05) is 6.61 Å². The molecule has 2 aromatic carbocycles. The first-order valence-electron chi connectivity index (χ1n) is 6.46. The molecule has 1 saturated heterocycles. The van der Waals surface area contributed by atoms with Crippen LogP contribution in [0.2, 0.25) is 0 Å². The summed E-state index contributed by atoms with van der Waals surface area (Å²) >= 11 is 0. The number of hydrogen-bond acceptors (Lipinski definition) is 1. The molecule has 1 aliphatic heterocycles. The molecule has 1 atom stereocenters. The van der Waals surface area contributed by atoms with Crippen molar-refractivity contribution >= 4 is 6.08 Å². The molecule has 0 aliphatic carbocycles. The average Bonchev–Trinajstić information content (AvgIpc) is 2.82. The highest BCUT2D eigenvalue weighted by molar-refractivity contribution is 5.60. The molecule has 19 heavy (non-hydrogen) atoms. The quantitative estimate of drug-likeness (QED) is 0.765. The fraction of sp³-hybridized carbons (Fsp3) is 0.111. The van der Waals surface area contributed by atoms with Gasteiger partial charge in [-0.1, -0.05) is 67.2 Å². The summed E-state index contributed by atoms with van der Waals surface area (Å²) in [5.74, 6) is 0. The second kappa shape index (κ2) is 5.25. The SMILES string of the molecule is C=C1/C(=C/c2ccccc2)COC1c1ccccc1. The van der Waals surface area contributed by atoms with Crippen molar-refractivity contribution in [2.45, 2.75) is 6.10 Å². The summed E-state index contributed by atoms with van der Waals surface area (Å²) in [4.78, 5) is 0. The van der Waals surface area contributed by atoms with E-state index in [2.05, 4.69) is 36.9 Å². The van der Waals surface area contributed by atoms with E-state index >= 15 is 0 Å². The normalized spacial score (nSPS) is 20.9. The zero-order chi connectivity index (χ0) is 13.1. The van der Waals surface area contributed by atoms with Gasteiger partial charge in [0.1, 0.15) is 6.10 Å². The van der Waals surface area contributed by atoms with Crippen molar-refractivity contribution in [3.05, 3.63) is 89.5 Å². The van der Waals surface area contributed by atoms with Crippen LogP contribution >= 0.6 is 0 Å². The van der Waals surface area contributed by atoms with E-state index in [-0.39, 0.29) is 6.10 Å². The van der Waals surface area contributed by atoms with Gasteiger partial charge >= 0.3 is 0 Å². The number of hydrogen-bond donors (Lipinski definition) is 0. The lowest BCUT2D eigenvalue weighted by molar-refractivity contribution is 0.131. The Labute approximate surface area is 113 Å². The van der Waals surface area contributed by atoms with Crippen molar-refractivity contribution < 1.29 is 4.74 Å². The van der Waals surface area contributed by atoms with Crippen LogP contribution in [-0.2, 0) is 4.74 Å². The van der Waals surface area contributed by atoms with Gasteiger partial charge in [-0.25, -0.2) is 0 Å². The smallest absolute Gasteiger partial charge is 0.108 e. The zero-order valence-electron chi connectivity index (χ0n) is 10.8. The molecule has 1 heteroatoms. The van der Waals surface area contributed by atoms with E-state index in [1.54, 1.807) is 0 Å². The maximum absolute atomic E-state index is 5.87. The van der Waals surface area contributed by atoms with Crippen LogP contribution in [0.5, 0.6) is 0 Å². The van der Waals surface area contributed by atoms with Crippen LogP contribution in [0.4, 0.5) is 0 Å². The molecule has 1 unspecified atom stereocenters. The maximum atomic E-state index is 5.87. The molecule has 1 fully saturated rings. The van der Waals surface area contributed by atoms with Gasteiger partial charge in [0.15, 0.2) is 0 Å². The van der Waals surface area contributed by atoms with Gasteiger partial charge in [0, 0.05) is 0 Å². The Morgan fingerprint density at radius 3 is 2.26 bits per heavy atom. The molecule has 0 N–H and O–H groups in total. The molecule has 1 aliphatic rings. The molecule has 0 amide bonds. The molecular formula is C18H16O. The predicted molar refractivity (Wildman–Crippen MR) is 78.7 cm³/mol. The van der Waals surface area contributed by atoms with E-state index < -0.39 is 0 Å². The van der Waals surface area contributed by atoms with Crippen LogP contribution in [-0.4, -0.2) is 6.61 Å². The largest absolute Gasteiger partial charge is 0.364 e. The fourth-order valence-corrected chi connectivity index (χ4v) is 2.34. The lowest BCUT2D eigenvalue weighted by Crippen LogP contribution is -1.96. The van der Waals surface area contributed by atoms with Crippen molar-refractivity contribution in [2.24, 2.45) is 0 Å². The van der Waals surface area contributed by atoms with Crippen LogP contribution in [0, 0.1) is 0 Å². The third-order valence-electron chi connectivity index (χ3n) is 3.38. The summed E-state index contributed by atoms with van der Waals surface area (Å²) in [5.41, 5.74) is 4.61. The summed E-state index contributed by atoms with van der Waals surface area (Å²) in [5, 5.41) is 0. The van der Waals surface area contributed by atoms with Gasteiger partial charge in [-0.05, 0) is 28.3 Å². The fourth-order valence-electron chi connectivity index (χ4n) is 2.34. The van der Waals surface area contributed by atoms with E-state index in [0.29, 0.717) is 6.61 Å². The Morgan fingerprint density at radius 1 is 0.947 bits per heavy atom. The molecule has 0 radical (unpaired) electrons. The van der Waals surface area contributed by atoms with Crippen LogP contribution in [0.25, 0.3) is 6.08 Å². The summed E-state index contributed by atoms with van der Waals surface area (Å²) in [7, 11) is 0. The van der Waals surface area contributed by atoms with Crippen molar-refractivity contribution in [1.82, 2.24) is 0 Å². The minimum absolute atomic E-state index is 0.00355. The highest BCUT2D eigenvalue weighted by Crippen LogP contribution is 2.36. The second-order valence-electron chi connectivity index (χ2n) is 4.71. The molecule has 94 valence electrons. The highest BCUT2D eigenvalue weighted by Gasteiger charge is 2.25. The van der Waals surface area contributed by atoms with Gasteiger partial charge in [0.05, 0.1) is 6.61 Å². The van der Waals surface area contributed by atoms with Gasteiger partial charge < -0.3 is 4.74 Å². The molecule has 0 aromatic heterocycles. The second-order valence-corrected chi connectivity index (χ2v) is 4.71. The van der Waals surface area contributed by atoms with Gasteiger partial charge in [0.2, 0.25) is 0 Å². The highest BCUT2D eigenvalue weighted by atomic mass is 16.5. The van der Waals surface area contributed by atoms with E-state index in [9.17, 15) is 0 Å². The minimum atomic E-state index is -0.00355. The Hall–Kier alpha value is -2.12. The van der Waals surface area contributed by atoms with Crippen LogP contribution in [0.1, 0.15) is 17.2 Å². The molecule has 1 heterocycles. The van der Waals surface area contributed by atoms with Crippen molar-refractivity contribution in [1.29, 1.82) is 0 Å². The summed E-state index contributed by atoms with van der Waals surface area (Å²) in [6, 6.07) is 20.5. The monoisotopic (exact) mass is 248 g/mol. The van der Waals surface area contributed by atoms with E-state index in [4.69, 9.17) is 4.74 Å². The van der Waals surface area contributed by atoms with Gasteiger partial charge in [0.25, 0.3) is 0 Å². The predicted octanol–water partition coefficient (Wildman–Crippen LogP) is 4.40. The lowest BCUT2D eigenvalue weighted by atomic mass is 9.98. The first-order chi connectivity index (χ1) is 9.34. The number of rotatable bonds is 2. The molecule has 1 nitrogen and oxygen atoms in total. The van der Waals surface area contributed by atoms with Gasteiger partial charge in [-0.15, -0.1) is 0 Å². The molecule has 0 saturated carbocycles. The van der Waals surface area contributed by atoms with Crippen LogP contribution in [0.15, 0.2) is 78.4 Å². The molecule has 2 aromatic rings. The molecular weight excluding hydrogens is 232 g/mol.